The van der Waals surface area contributed by atoms with Gasteiger partial charge in [0.15, 0.2) is 5.58 Å². The summed E-state index contributed by atoms with van der Waals surface area (Å²) < 4.78 is 5.96. The van der Waals surface area contributed by atoms with Crippen LogP contribution in [0.5, 0.6) is 0 Å². The lowest BCUT2D eigenvalue weighted by Gasteiger charge is -2.01. The lowest BCUT2D eigenvalue weighted by molar-refractivity contribution is 0.507. The van der Waals surface area contributed by atoms with Gasteiger partial charge in [-0.05, 0) is 43.9 Å². The van der Waals surface area contributed by atoms with Gasteiger partial charge in [-0.25, -0.2) is 0 Å². The van der Waals surface area contributed by atoms with E-state index in [0.29, 0.717) is 6.04 Å². The summed E-state index contributed by atoms with van der Waals surface area (Å²) in [5.41, 5.74) is 3.32. The Morgan fingerprint density at radius 3 is 2.83 bits per heavy atom. The van der Waals surface area contributed by atoms with Crippen LogP contribution in [0.3, 0.4) is 0 Å². The summed E-state index contributed by atoms with van der Waals surface area (Å²) in [7, 11) is 0. The van der Waals surface area contributed by atoms with Crippen molar-refractivity contribution in [3.05, 3.63) is 34.0 Å². The van der Waals surface area contributed by atoms with Gasteiger partial charge >= 0.3 is 0 Å². The number of aryl methyl sites for hydroxylation is 2. The zero-order chi connectivity index (χ0) is 12.7. The fraction of sp³-hybridized carbons (Fsp3) is 0.467. The number of furan rings is 1. The molecule has 1 saturated carbocycles. The van der Waals surface area contributed by atoms with Crippen LogP contribution in [0, 0.1) is 6.92 Å². The second-order valence-corrected chi connectivity index (χ2v) is 5.54. The van der Waals surface area contributed by atoms with Crippen molar-refractivity contribution in [2.45, 2.75) is 45.7 Å². The fourth-order valence-electron chi connectivity index (χ4n) is 2.45. The van der Waals surface area contributed by atoms with Crippen LogP contribution in [0.2, 0.25) is 5.02 Å². The van der Waals surface area contributed by atoms with Crippen LogP contribution >= 0.6 is 11.6 Å². The summed E-state index contributed by atoms with van der Waals surface area (Å²) in [6.45, 7) is 5.05. The molecule has 1 aliphatic rings. The van der Waals surface area contributed by atoms with E-state index in [1.165, 1.54) is 29.4 Å². The van der Waals surface area contributed by atoms with Crippen molar-refractivity contribution in [2.24, 2.45) is 0 Å². The van der Waals surface area contributed by atoms with Crippen molar-refractivity contribution >= 4 is 22.6 Å². The molecule has 3 rings (SSSR count). The van der Waals surface area contributed by atoms with E-state index >= 15 is 0 Å². The van der Waals surface area contributed by atoms with Gasteiger partial charge in [0.1, 0.15) is 5.76 Å². The highest BCUT2D eigenvalue weighted by atomic mass is 35.5. The topological polar surface area (TPSA) is 25.2 Å². The number of nitrogens with one attached hydrogen (secondary N) is 1. The molecule has 0 bridgehead atoms. The average Bonchev–Trinajstić information content (AvgIpc) is 3.08. The van der Waals surface area contributed by atoms with Crippen molar-refractivity contribution < 1.29 is 4.42 Å². The molecule has 0 unspecified atom stereocenters. The van der Waals surface area contributed by atoms with Crippen LogP contribution in [0.25, 0.3) is 11.0 Å². The maximum Gasteiger partial charge on any atom is 0.153 e. The third kappa shape index (κ3) is 2.15. The molecule has 0 saturated heterocycles. The number of hydrogen-bond donors (Lipinski definition) is 1. The number of fused-ring (bicyclic) bond motifs is 1. The second kappa shape index (κ2) is 4.60. The van der Waals surface area contributed by atoms with E-state index in [9.17, 15) is 0 Å². The van der Waals surface area contributed by atoms with Crippen LogP contribution in [0.1, 0.15) is 36.7 Å². The van der Waals surface area contributed by atoms with Gasteiger partial charge in [-0.2, -0.15) is 0 Å². The molecule has 1 heterocycles. The predicted octanol–water partition coefficient (Wildman–Crippen LogP) is 4.21. The normalized spacial score (nSPS) is 15.5. The highest BCUT2D eigenvalue weighted by Crippen LogP contribution is 2.33. The minimum absolute atomic E-state index is 0.695. The van der Waals surface area contributed by atoms with Gasteiger partial charge in [0.2, 0.25) is 0 Å². The Morgan fingerprint density at radius 1 is 1.39 bits per heavy atom. The van der Waals surface area contributed by atoms with Crippen LogP contribution in [0.15, 0.2) is 16.5 Å². The third-order valence-corrected chi connectivity index (χ3v) is 3.84. The van der Waals surface area contributed by atoms with Crippen molar-refractivity contribution in [1.29, 1.82) is 0 Å². The lowest BCUT2D eigenvalue weighted by atomic mass is 10.1. The van der Waals surface area contributed by atoms with Gasteiger partial charge in [-0.15, -0.1) is 0 Å². The molecule has 0 radical (unpaired) electrons. The minimum Gasteiger partial charge on any atom is -0.458 e. The number of rotatable bonds is 4. The van der Waals surface area contributed by atoms with E-state index in [0.717, 1.165) is 29.3 Å². The Hall–Kier alpha value is -0.990. The molecular formula is C15H18ClNO. The van der Waals surface area contributed by atoms with Crippen LogP contribution in [-0.2, 0) is 13.0 Å². The molecule has 1 aliphatic carbocycles. The molecule has 0 amide bonds. The van der Waals surface area contributed by atoms with Crippen LogP contribution in [-0.4, -0.2) is 6.04 Å². The molecule has 18 heavy (non-hydrogen) atoms. The summed E-state index contributed by atoms with van der Waals surface area (Å²) in [5, 5.41) is 5.40. The molecule has 2 aromatic rings. The van der Waals surface area contributed by atoms with Crippen molar-refractivity contribution in [2.75, 3.05) is 0 Å². The smallest absolute Gasteiger partial charge is 0.153 e. The largest absolute Gasteiger partial charge is 0.458 e. The maximum absolute atomic E-state index is 6.27. The first-order chi connectivity index (χ1) is 8.69. The lowest BCUT2D eigenvalue weighted by Crippen LogP contribution is -2.15. The van der Waals surface area contributed by atoms with Gasteiger partial charge in [0, 0.05) is 17.0 Å². The summed E-state index contributed by atoms with van der Waals surface area (Å²) in [6.07, 6.45) is 3.57. The third-order valence-electron chi connectivity index (χ3n) is 3.56. The molecule has 1 aromatic carbocycles. The van der Waals surface area contributed by atoms with Crippen molar-refractivity contribution in [3.8, 4) is 0 Å². The summed E-state index contributed by atoms with van der Waals surface area (Å²) >= 11 is 6.27. The first-order valence-corrected chi connectivity index (χ1v) is 7.00. The predicted molar refractivity (Wildman–Crippen MR) is 75.2 cm³/mol. The molecule has 1 fully saturated rings. The molecule has 1 aromatic heterocycles. The maximum atomic E-state index is 6.27. The van der Waals surface area contributed by atoms with Gasteiger partial charge < -0.3 is 9.73 Å². The van der Waals surface area contributed by atoms with Crippen LogP contribution < -0.4 is 5.32 Å². The molecule has 0 aliphatic heterocycles. The van der Waals surface area contributed by atoms with Crippen LogP contribution in [0.4, 0.5) is 0 Å². The highest BCUT2D eigenvalue weighted by Gasteiger charge is 2.22. The van der Waals surface area contributed by atoms with Crippen molar-refractivity contribution in [3.63, 3.8) is 0 Å². The molecule has 3 heteroatoms. The van der Waals surface area contributed by atoms with E-state index in [1.54, 1.807) is 0 Å². The first-order valence-electron chi connectivity index (χ1n) is 6.62. The summed E-state index contributed by atoms with van der Waals surface area (Å²) in [6, 6.07) is 4.83. The molecule has 2 nitrogen and oxygen atoms in total. The monoisotopic (exact) mass is 263 g/mol. The summed E-state index contributed by atoms with van der Waals surface area (Å²) in [5.74, 6) is 1.05. The van der Waals surface area contributed by atoms with Crippen molar-refractivity contribution in [1.82, 2.24) is 5.32 Å². The Labute approximate surface area is 112 Å². The first kappa shape index (κ1) is 12.1. The molecule has 0 spiro atoms. The Morgan fingerprint density at radius 2 is 2.17 bits per heavy atom. The summed E-state index contributed by atoms with van der Waals surface area (Å²) in [4.78, 5) is 0. The Kier molecular flexibility index (Phi) is 3.08. The van der Waals surface area contributed by atoms with Gasteiger partial charge in [0.05, 0.1) is 11.6 Å². The SMILES string of the molecule is CCc1c(CNC2CC2)oc2c(Cl)cc(C)cc12. The number of halogens is 1. The average molecular weight is 264 g/mol. The zero-order valence-corrected chi connectivity index (χ0v) is 11.6. The highest BCUT2D eigenvalue weighted by molar-refractivity contribution is 6.35. The second-order valence-electron chi connectivity index (χ2n) is 5.14. The van der Waals surface area contributed by atoms with E-state index in [-0.39, 0.29) is 0 Å². The Balaban J connectivity index is 2.04. The van der Waals surface area contributed by atoms with E-state index in [4.69, 9.17) is 16.0 Å². The quantitative estimate of drug-likeness (QED) is 0.894. The molecule has 1 N–H and O–H groups in total. The van der Waals surface area contributed by atoms with E-state index in [2.05, 4.69) is 25.2 Å². The minimum atomic E-state index is 0.695. The molecule has 0 atom stereocenters. The molecular weight excluding hydrogens is 246 g/mol. The van der Waals surface area contributed by atoms with E-state index < -0.39 is 0 Å². The zero-order valence-electron chi connectivity index (χ0n) is 10.8. The van der Waals surface area contributed by atoms with Gasteiger partial charge in [-0.1, -0.05) is 18.5 Å². The number of benzene rings is 1. The number of hydrogen-bond acceptors (Lipinski definition) is 2. The van der Waals surface area contributed by atoms with Gasteiger partial charge in [-0.3, -0.25) is 0 Å². The van der Waals surface area contributed by atoms with Gasteiger partial charge in [0.25, 0.3) is 0 Å². The standard InChI is InChI=1S/C15H18ClNO/c1-3-11-12-6-9(2)7-13(16)15(12)18-14(11)8-17-10-4-5-10/h6-7,10,17H,3-5,8H2,1-2H3. The Bertz CT molecular complexity index is 584. The fourth-order valence-corrected chi connectivity index (χ4v) is 2.76. The molecule has 96 valence electrons. The van der Waals surface area contributed by atoms with E-state index in [1.807, 2.05) is 6.07 Å².